The summed E-state index contributed by atoms with van der Waals surface area (Å²) in [5.74, 6) is 1.84. The summed E-state index contributed by atoms with van der Waals surface area (Å²) >= 11 is 3.51. The van der Waals surface area contributed by atoms with Gasteiger partial charge in [0.25, 0.3) is 0 Å². The minimum atomic E-state index is 0.335. The summed E-state index contributed by atoms with van der Waals surface area (Å²) in [5.41, 5.74) is 8.93. The monoisotopic (exact) mass is 323 g/mol. The fourth-order valence-electron chi connectivity index (χ4n) is 2.18. The lowest BCUT2D eigenvalue weighted by atomic mass is 9.94. The maximum Gasteiger partial charge on any atom is 0.124 e. The molecule has 0 atom stereocenters. The zero-order valence-electron chi connectivity index (χ0n) is 11.6. The van der Waals surface area contributed by atoms with Gasteiger partial charge in [0.2, 0.25) is 0 Å². The van der Waals surface area contributed by atoms with Gasteiger partial charge in [-0.05, 0) is 18.1 Å². The Kier molecular flexibility index (Phi) is 3.85. The first-order valence-corrected chi connectivity index (χ1v) is 6.90. The Morgan fingerprint density at radius 2 is 2.00 bits per heavy atom. The van der Waals surface area contributed by atoms with Crippen LogP contribution in [0, 0.1) is 0 Å². The van der Waals surface area contributed by atoms with Crippen molar-refractivity contribution in [3.05, 3.63) is 28.2 Å². The summed E-state index contributed by atoms with van der Waals surface area (Å²) in [5, 5.41) is 4.46. The Morgan fingerprint density at radius 1 is 1.32 bits per heavy atom. The first kappa shape index (κ1) is 13.9. The minimum absolute atomic E-state index is 0.335. The maximum atomic E-state index is 5.87. The number of nitrogens with zero attached hydrogens (tertiary/aromatic N) is 2. The molecule has 2 N–H and O–H groups in total. The van der Waals surface area contributed by atoms with E-state index in [1.807, 2.05) is 19.2 Å². The van der Waals surface area contributed by atoms with Gasteiger partial charge in [0.1, 0.15) is 11.6 Å². The molecule has 1 aromatic heterocycles. The molecule has 0 spiro atoms. The van der Waals surface area contributed by atoms with Crippen LogP contribution in [0.3, 0.4) is 0 Å². The predicted octanol–water partition coefficient (Wildman–Crippen LogP) is 3.56. The molecule has 2 aromatic rings. The molecule has 1 aromatic carbocycles. The van der Waals surface area contributed by atoms with Gasteiger partial charge in [0.05, 0.1) is 12.8 Å². The highest BCUT2D eigenvalue weighted by Crippen LogP contribution is 2.38. The van der Waals surface area contributed by atoms with Crippen molar-refractivity contribution in [1.82, 2.24) is 9.78 Å². The molecule has 0 fully saturated rings. The molecule has 102 valence electrons. The third-order valence-electron chi connectivity index (χ3n) is 3.10. The summed E-state index contributed by atoms with van der Waals surface area (Å²) in [6.45, 7) is 4.28. The highest BCUT2D eigenvalue weighted by molar-refractivity contribution is 9.10. The van der Waals surface area contributed by atoms with Gasteiger partial charge in [-0.3, -0.25) is 4.68 Å². The van der Waals surface area contributed by atoms with Crippen molar-refractivity contribution in [2.24, 2.45) is 7.05 Å². The zero-order chi connectivity index (χ0) is 14.2. The van der Waals surface area contributed by atoms with Crippen molar-refractivity contribution in [2.45, 2.75) is 19.8 Å². The van der Waals surface area contributed by atoms with Crippen LogP contribution >= 0.6 is 15.9 Å². The Labute approximate surface area is 121 Å². The molecule has 0 saturated heterocycles. The maximum absolute atomic E-state index is 5.87. The number of methoxy groups -OCH3 is 1. The van der Waals surface area contributed by atoms with Gasteiger partial charge in [-0.2, -0.15) is 5.10 Å². The molecule has 19 heavy (non-hydrogen) atoms. The van der Waals surface area contributed by atoms with Crippen LogP contribution in [0.4, 0.5) is 5.82 Å². The highest BCUT2D eigenvalue weighted by atomic mass is 79.9. The van der Waals surface area contributed by atoms with Gasteiger partial charge >= 0.3 is 0 Å². The Morgan fingerprint density at radius 3 is 2.47 bits per heavy atom. The van der Waals surface area contributed by atoms with Gasteiger partial charge in [-0.25, -0.2) is 0 Å². The largest absolute Gasteiger partial charge is 0.496 e. The molecule has 0 unspecified atom stereocenters. The molecule has 0 aliphatic carbocycles. The second kappa shape index (κ2) is 5.25. The number of benzene rings is 1. The second-order valence-electron chi connectivity index (χ2n) is 4.80. The first-order chi connectivity index (χ1) is 8.93. The first-order valence-electron chi connectivity index (χ1n) is 6.11. The van der Waals surface area contributed by atoms with Crippen molar-refractivity contribution in [2.75, 3.05) is 12.8 Å². The molecular formula is C14H18BrN3O. The van der Waals surface area contributed by atoms with Gasteiger partial charge in [0, 0.05) is 28.7 Å². The van der Waals surface area contributed by atoms with E-state index in [4.69, 9.17) is 10.5 Å². The van der Waals surface area contributed by atoms with Gasteiger partial charge in [-0.15, -0.1) is 0 Å². The van der Waals surface area contributed by atoms with E-state index in [1.54, 1.807) is 11.8 Å². The third kappa shape index (κ3) is 2.61. The Hall–Kier alpha value is -1.49. The molecule has 0 aliphatic rings. The summed E-state index contributed by atoms with van der Waals surface area (Å²) in [6.07, 6.45) is 0. The average Bonchev–Trinajstić information content (AvgIpc) is 2.68. The van der Waals surface area contributed by atoms with E-state index in [2.05, 4.69) is 40.9 Å². The average molecular weight is 324 g/mol. The van der Waals surface area contributed by atoms with Crippen molar-refractivity contribution in [3.8, 4) is 17.0 Å². The lowest BCUT2D eigenvalue weighted by molar-refractivity contribution is 0.407. The minimum Gasteiger partial charge on any atom is -0.496 e. The van der Waals surface area contributed by atoms with E-state index in [0.717, 1.165) is 27.0 Å². The quantitative estimate of drug-likeness (QED) is 0.939. The van der Waals surface area contributed by atoms with Crippen molar-refractivity contribution >= 4 is 21.7 Å². The van der Waals surface area contributed by atoms with E-state index in [-0.39, 0.29) is 0 Å². The van der Waals surface area contributed by atoms with Crippen molar-refractivity contribution in [3.63, 3.8) is 0 Å². The number of rotatable bonds is 3. The number of nitrogens with two attached hydrogens (primary N) is 1. The molecule has 0 saturated carbocycles. The van der Waals surface area contributed by atoms with Crippen LogP contribution < -0.4 is 10.5 Å². The normalized spacial score (nSPS) is 11.1. The summed E-state index contributed by atoms with van der Waals surface area (Å²) in [7, 11) is 3.52. The fourth-order valence-corrected chi connectivity index (χ4v) is 2.62. The molecular weight excluding hydrogens is 306 g/mol. The Bertz CT molecular complexity index is 585. The van der Waals surface area contributed by atoms with E-state index in [1.165, 1.54) is 0 Å². The number of hydrogen-bond acceptors (Lipinski definition) is 3. The molecule has 2 rings (SSSR count). The number of aryl methyl sites for hydroxylation is 1. The number of hydrogen-bond donors (Lipinski definition) is 1. The van der Waals surface area contributed by atoms with Crippen LogP contribution in [0.2, 0.25) is 0 Å². The standard InChI is InChI=1S/C14H18BrN3O/c1-8(2)14-10(5-9(15)6-12(14)19-4)11-7-13(16)18(3)17-11/h5-8H,16H2,1-4H3. The highest BCUT2D eigenvalue weighted by Gasteiger charge is 2.18. The fraction of sp³-hybridized carbons (Fsp3) is 0.357. The molecule has 0 aliphatic heterocycles. The molecule has 0 bridgehead atoms. The van der Waals surface area contributed by atoms with Gasteiger partial charge in [-0.1, -0.05) is 29.8 Å². The van der Waals surface area contributed by atoms with E-state index >= 15 is 0 Å². The van der Waals surface area contributed by atoms with Crippen molar-refractivity contribution in [1.29, 1.82) is 0 Å². The summed E-state index contributed by atoms with van der Waals surface area (Å²) in [4.78, 5) is 0. The van der Waals surface area contributed by atoms with Crippen LogP contribution in [-0.2, 0) is 7.05 Å². The number of ether oxygens (including phenoxy) is 1. The van der Waals surface area contributed by atoms with Crippen LogP contribution in [0.15, 0.2) is 22.7 Å². The smallest absolute Gasteiger partial charge is 0.124 e. The zero-order valence-corrected chi connectivity index (χ0v) is 13.2. The third-order valence-corrected chi connectivity index (χ3v) is 3.55. The number of halogens is 1. The van der Waals surface area contributed by atoms with Crippen molar-refractivity contribution < 1.29 is 4.74 Å². The summed E-state index contributed by atoms with van der Waals surface area (Å²) in [6, 6.07) is 5.91. The molecule has 0 amide bonds. The molecule has 4 nitrogen and oxygen atoms in total. The van der Waals surface area contributed by atoms with E-state index < -0.39 is 0 Å². The number of nitrogen functional groups attached to an aromatic ring is 1. The van der Waals surface area contributed by atoms with Gasteiger partial charge < -0.3 is 10.5 Å². The Balaban J connectivity index is 2.70. The van der Waals surface area contributed by atoms with E-state index in [9.17, 15) is 0 Å². The van der Waals surface area contributed by atoms with Crippen LogP contribution in [0.5, 0.6) is 5.75 Å². The molecule has 5 heteroatoms. The van der Waals surface area contributed by atoms with E-state index in [0.29, 0.717) is 11.7 Å². The number of anilines is 1. The van der Waals surface area contributed by atoms with Crippen LogP contribution in [-0.4, -0.2) is 16.9 Å². The molecule has 1 heterocycles. The topological polar surface area (TPSA) is 53.1 Å². The lowest BCUT2D eigenvalue weighted by Gasteiger charge is -2.16. The van der Waals surface area contributed by atoms with Crippen LogP contribution in [0.1, 0.15) is 25.3 Å². The lowest BCUT2D eigenvalue weighted by Crippen LogP contribution is -1.99. The number of aromatic nitrogens is 2. The molecule has 0 radical (unpaired) electrons. The predicted molar refractivity (Wildman–Crippen MR) is 81.4 cm³/mol. The second-order valence-corrected chi connectivity index (χ2v) is 5.72. The summed E-state index contributed by atoms with van der Waals surface area (Å²) < 4.78 is 8.13. The SMILES string of the molecule is COc1cc(Br)cc(-c2cc(N)n(C)n2)c1C(C)C. The van der Waals surface area contributed by atoms with Gasteiger partial charge in [0.15, 0.2) is 0 Å². The van der Waals surface area contributed by atoms with Crippen LogP contribution in [0.25, 0.3) is 11.3 Å².